The summed E-state index contributed by atoms with van der Waals surface area (Å²) in [6, 6.07) is 10.7. The second kappa shape index (κ2) is 9.16. The first-order chi connectivity index (χ1) is 14.9. The van der Waals surface area contributed by atoms with E-state index in [1.54, 1.807) is 24.0 Å². The van der Waals surface area contributed by atoms with Crippen molar-refractivity contribution in [1.82, 2.24) is 15.0 Å². The van der Waals surface area contributed by atoms with Crippen LogP contribution in [0.15, 0.2) is 47.0 Å². The molecule has 4 rings (SSSR count). The minimum absolute atomic E-state index is 0.174. The van der Waals surface area contributed by atoms with E-state index in [1.807, 2.05) is 17.0 Å². The molecule has 0 bridgehead atoms. The van der Waals surface area contributed by atoms with E-state index in [4.69, 9.17) is 16.1 Å². The van der Waals surface area contributed by atoms with E-state index in [1.165, 1.54) is 6.07 Å². The van der Waals surface area contributed by atoms with Gasteiger partial charge in [0.05, 0.1) is 5.02 Å². The lowest BCUT2D eigenvalue weighted by atomic mass is 10.0. The van der Waals surface area contributed by atoms with E-state index >= 15 is 0 Å². The first kappa shape index (κ1) is 21.5. The molecule has 0 unspecified atom stereocenters. The molecule has 2 aromatic carbocycles. The number of amides is 1. The fraction of sp³-hybridized carbons (Fsp3) is 0.304. The maximum absolute atomic E-state index is 14.0. The largest absolute Gasteiger partial charge is 0.360 e. The number of carbonyl (C=O) groups is 1. The zero-order valence-electron chi connectivity index (χ0n) is 17.1. The van der Waals surface area contributed by atoms with Crippen LogP contribution in [-0.2, 0) is 6.54 Å². The summed E-state index contributed by atoms with van der Waals surface area (Å²) in [5.41, 5.74) is 1.78. The zero-order chi connectivity index (χ0) is 22.0. The Labute approximate surface area is 184 Å². The van der Waals surface area contributed by atoms with E-state index in [-0.39, 0.29) is 5.91 Å². The van der Waals surface area contributed by atoms with Crippen molar-refractivity contribution in [3.63, 3.8) is 0 Å². The molecule has 0 saturated carbocycles. The number of aryl methyl sites for hydroxylation is 1. The molecule has 0 spiro atoms. The van der Waals surface area contributed by atoms with Gasteiger partial charge in [-0.15, -0.1) is 0 Å². The molecule has 8 heteroatoms. The lowest BCUT2D eigenvalue weighted by molar-refractivity contribution is 0.0760. The number of benzene rings is 2. The SMILES string of the molecule is Cc1onc(-c2ccccc2Cl)c1C(=O)N1CCCN(Cc2cc(F)ccc2F)CC1. The van der Waals surface area contributed by atoms with Gasteiger partial charge in [0.2, 0.25) is 0 Å². The molecule has 5 nitrogen and oxygen atoms in total. The molecule has 2 heterocycles. The third kappa shape index (κ3) is 4.62. The summed E-state index contributed by atoms with van der Waals surface area (Å²) in [4.78, 5) is 17.1. The second-order valence-electron chi connectivity index (χ2n) is 7.60. The molecule has 1 amide bonds. The summed E-state index contributed by atoms with van der Waals surface area (Å²) < 4.78 is 32.8. The minimum Gasteiger partial charge on any atom is -0.360 e. The Balaban J connectivity index is 1.50. The molecule has 3 aromatic rings. The number of hydrogen-bond donors (Lipinski definition) is 0. The van der Waals surface area contributed by atoms with Crippen LogP contribution in [0, 0.1) is 18.6 Å². The van der Waals surface area contributed by atoms with E-state index in [0.29, 0.717) is 72.3 Å². The van der Waals surface area contributed by atoms with Crippen LogP contribution in [0.3, 0.4) is 0 Å². The maximum Gasteiger partial charge on any atom is 0.259 e. The summed E-state index contributed by atoms with van der Waals surface area (Å²) in [6.07, 6.45) is 0.717. The van der Waals surface area contributed by atoms with E-state index in [9.17, 15) is 13.6 Å². The van der Waals surface area contributed by atoms with Gasteiger partial charge >= 0.3 is 0 Å². The van der Waals surface area contributed by atoms with Gasteiger partial charge in [-0.3, -0.25) is 9.69 Å². The molecule has 0 radical (unpaired) electrons. The molecule has 1 aliphatic heterocycles. The number of carbonyl (C=O) groups excluding carboxylic acids is 1. The third-order valence-corrected chi connectivity index (χ3v) is 5.81. The van der Waals surface area contributed by atoms with Crippen molar-refractivity contribution >= 4 is 17.5 Å². The molecule has 1 fully saturated rings. The molecule has 1 aromatic heterocycles. The standard InChI is InChI=1S/C23H22ClF2N3O2/c1-15-21(22(27-31-15)18-5-2-3-6-19(18)24)23(30)29-10-4-9-28(11-12-29)14-16-13-17(25)7-8-20(16)26/h2-3,5-8,13H,4,9-12,14H2,1H3. The Kier molecular flexibility index (Phi) is 6.34. The van der Waals surface area contributed by atoms with Crippen molar-refractivity contribution in [2.75, 3.05) is 26.2 Å². The summed E-state index contributed by atoms with van der Waals surface area (Å²) in [7, 11) is 0. The van der Waals surface area contributed by atoms with Gasteiger partial charge in [-0.05, 0) is 37.6 Å². The van der Waals surface area contributed by atoms with Gasteiger partial charge in [0.15, 0.2) is 0 Å². The number of hydrogen-bond acceptors (Lipinski definition) is 4. The summed E-state index contributed by atoms with van der Waals surface area (Å²) >= 11 is 6.31. The topological polar surface area (TPSA) is 49.6 Å². The molecule has 162 valence electrons. The fourth-order valence-electron chi connectivity index (χ4n) is 3.86. The Morgan fingerprint density at radius 1 is 1.13 bits per heavy atom. The van der Waals surface area contributed by atoms with Gasteiger partial charge in [-0.1, -0.05) is 35.0 Å². The van der Waals surface area contributed by atoms with E-state index < -0.39 is 11.6 Å². The van der Waals surface area contributed by atoms with Crippen molar-refractivity contribution in [3.05, 3.63) is 76.0 Å². The molecule has 1 saturated heterocycles. The first-order valence-corrected chi connectivity index (χ1v) is 10.5. The molecule has 0 N–H and O–H groups in total. The third-order valence-electron chi connectivity index (χ3n) is 5.48. The smallest absolute Gasteiger partial charge is 0.259 e. The van der Waals surface area contributed by atoms with E-state index in [0.717, 1.165) is 12.1 Å². The van der Waals surface area contributed by atoms with Crippen LogP contribution in [0.1, 0.15) is 28.1 Å². The maximum atomic E-state index is 14.0. The van der Waals surface area contributed by atoms with Crippen molar-refractivity contribution in [2.24, 2.45) is 0 Å². The van der Waals surface area contributed by atoms with Crippen LogP contribution in [0.2, 0.25) is 5.02 Å². The van der Waals surface area contributed by atoms with Gasteiger partial charge in [-0.25, -0.2) is 8.78 Å². The van der Waals surface area contributed by atoms with Crippen LogP contribution >= 0.6 is 11.6 Å². The molecular formula is C23H22ClF2N3O2. The Morgan fingerprint density at radius 3 is 2.74 bits per heavy atom. The van der Waals surface area contributed by atoms with Gasteiger partial charge in [0.1, 0.15) is 28.7 Å². The number of aromatic nitrogens is 1. The average molecular weight is 446 g/mol. The second-order valence-corrected chi connectivity index (χ2v) is 8.01. The predicted octanol–water partition coefficient (Wildman–Crippen LogP) is 4.93. The fourth-order valence-corrected chi connectivity index (χ4v) is 4.08. The Bertz CT molecular complexity index is 1100. The lowest BCUT2D eigenvalue weighted by Crippen LogP contribution is -2.35. The number of rotatable bonds is 4. The molecule has 0 atom stereocenters. The van der Waals surface area contributed by atoms with Gasteiger partial charge in [-0.2, -0.15) is 0 Å². The Morgan fingerprint density at radius 2 is 1.94 bits per heavy atom. The number of nitrogens with zero attached hydrogens (tertiary/aromatic N) is 3. The number of halogens is 3. The highest BCUT2D eigenvalue weighted by molar-refractivity contribution is 6.33. The quantitative estimate of drug-likeness (QED) is 0.571. The van der Waals surface area contributed by atoms with Gasteiger partial charge in [0.25, 0.3) is 5.91 Å². The highest BCUT2D eigenvalue weighted by Gasteiger charge is 2.28. The van der Waals surface area contributed by atoms with Crippen molar-refractivity contribution in [1.29, 1.82) is 0 Å². The molecule has 31 heavy (non-hydrogen) atoms. The van der Waals surface area contributed by atoms with Crippen LogP contribution in [-0.4, -0.2) is 47.0 Å². The van der Waals surface area contributed by atoms with Gasteiger partial charge < -0.3 is 9.42 Å². The Hall–Kier alpha value is -2.77. The molecular weight excluding hydrogens is 424 g/mol. The van der Waals surface area contributed by atoms with Crippen molar-refractivity contribution < 1.29 is 18.1 Å². The van der Waals surface area contributed by atoms with Crippen LogP contribution in [0.25, 0.3) is 11.3 Å². The molecule has 0 aliphatic carbocycles. The zero-order valence-corrected chi connectivity index (χ0v) is 17.8. The molecule has 1 aliphatic rings. The van der Waals surface area contributed by atoms with Crippen LogP contribution < -0.4 is 0 Å². The first-order valence-electron chi connectivity index (χ1n) is 10.1. The van der Waals surface area contributed by atoms with Gasteiger partial charge in [0, 0.05) is 43.9 Å². The minimum atomic E-state index is -0.460. The highest BCUT2D eigenvalue weighted by atomic mass is 35.5. The highest BCUT2D eigenvalue weighted by Crippen LogP contribution is 2.32. The van der Waals surface area contributed by atoms with E-state index in [2.05, 4.69) is 5.16 Å². The monoisotopic (exact) mass is 445 g/mol. The predicted molar refractivity (Wildman–Crippen MR) is 114 cm³/mol. The van der Waals surface area contributed by atoms with Crippen LogP contribution in [0.4, 0.5) is 8.78 Å². The van der Waals surface area contributed by atoms with Crippen LogP contribution in [0.5, 0.6) is 0 Å². The lowest BCUT2D eigenvalue weighted by Gasteiger charge is -2.22. The average Bonchev–Trinajstić information content (AvgIpc) is 2.97. The summed E-state index contributed by atoms with van der Waals surface area (Å²) in [5, 5.41) is 4.57. The normalized spacial score (nSPS) is 15.2. The van der Waals surface area contributed by atoms with Crippen molar-refractivity contribution in [3.8, 4) is 11.3 Å². The summed E-state index contributed by atoms with van der Waals surface area (Å²) in [5.74, 6) is -0.628. The summed E-state index contributed by atoms with van der Waals surface area (Å²) in [6.45, 7) is 4.24. The van der Waals surface area contributed by atoms with Crippen molar-refractivity contribution in [2.45, 2.75) is 19.9 Å².